The lowest BCUT2D eigenvalue weighted by atomic mass is 9.80. The molecule has 0 unspecified atom stereocenters. The first-order chi connectivity index (χ1) is 8.52. The van der Waals surface area contributed by atoms with Gasteiger partial charge < -0.3 is 14.8 Å². The van der Waals surface area contributed by atoms with E-state index in [1.165, 1.54) is 7.11 Å². The number of fused-ring (bicyclic) bond motifs is 3. The fourth-order valence-corrected chi connectivity index (χ4v) is 2.90. The van der Waals surface area contributed by atoms with Crippen LogP contribution in [0.1, 0.15) is 31.9 Å². The van der Waals surface area contributed by atoms with Crippen LogP contribution in [0.5, 0.6) is 11.5 Å². The summed E-state index contributed by atoms with van der Waals surface area (Å²) in [5, 5.41) is 3.46. The maximum Gasteiger partial charge on any atom is 0.207 e. The Morgan fingerprint density at radius 1 is 1.44 bits per heavy atom. The average molecular weight is 251 g/mol. The molecule has 3 rings (SSSR count). The van der Waals surface area contributed by atoms with Gasteiger partial charge in [-0.1, -0.05) is 13.8 Å². The van der Waals surface area contributed by atoms with Crippen molar-refractivity contribution in [3.05, 3.63) is 23.5 Å². The number of methoxy groups -OCH3 is 1. The highest BCUT2D eigenvalue weighted by Gasteiger charge is 2.43. The smallest absolute Gasteiger partial charge is 0.207 e. The van der Waals surface area contributed by atoms with E-state index in [0.717, 1.165) is 18.5 Å². The molecule has 1 aromatic carbocycles. The van der Waals surface area contributed by atoms with E-state index in [-0.39, 0.29) is 29.1 Å². The summed E-state index contributed by atoms with van der Waals surface area (Å²) in [6.07, 6.45) is 0.950. The highest BCUT2D eigenvalue weighted by atomic mass is 19.1. The van der Waals surface area contributed by atoms with Gasteiger partial charge in [-0.05, 0) is 24.0 Å². The quantitative estimate of drug-likeness (QED) is 0.832. The number of ether oxygens (including phenoxy) is 2. The van der Waals surface area contributed by atoms with Gasteiger partial charge in [-0.25, -0.2) is 0 Å². The second kappa shape index (κ2) is 3.85. The van der Waals surface area contributed by atoms with Crippen molar-refractivity contribution in [3.63, 3.8) is 0 Å². The SMILES string of the molecule is COc1ccc2c(c1F)O[C@H]1CC(C)(C)CN[C@@H]21. The lowest BCUT2D eigenvalue weighted by Gasteiger charge is -2.37. The molecule has 3 nitrogen and oxygen atoms in total. The van der Waals surface area contributed by atoms with Crippen LogP contribution >= 0.6 is 0 Å². The van der Waals surface area contributed by atoms with Crippen molar-refractivity contribution in [2.24, 2.45) is 5.41 Å². The molecule has 2 aliphatic heterocycles. The van der Waals surface area contributed by atoms with Gasteiger partial charge in [0.15, 0.2) is 11.5 Å². The topological polar surface area (TPSA) is 30.5 Å². The molecule has 0 saturated carbocycles. The van der Waals surface area contributed by atoms with E-state index in [9.17, 15) is 4.39 Å². The van der Waals surface area contributed by atoms with E-state index in [4.69, 9.17) is 9.47 Å². The number of benzene rings is 1. The summed E-state index contributed by atoms with van der Waals surface area (Å²) in [5.74, 6) is 0.213. The number of rotatable bonds is 1. The van der Waals surface area contributed by atoms with Crippen LogP contribution in [0.4, 0.5) is 4.39 Å². The maximum absolute atomic E-state index is 14.1. The molecule has 1 N–H and O–H groups in total. The van der Waals surface area contributed by atoms with Gasteiger partial charge in [-0.3, -0.25) is 0 Å². The Kier molecular flexibility index (Phi) is 2.52. The zero-order chi connectivity index (χ0) is 12.9. The molecule has 2 atom stereocenters. The number of nitrogens with one attached hydrogen (secondary N) is 1. The normalized spacial score (nSPS) is 28.2. The molecule has 1 fully saturated rings. The Morgan fingerprint density at radius 2 is 2.22 bits per heavy atom. The minimum absolute atomic E-state index is 0.0188. The molecular formula is C14H18FNO2. The van der Waals surface area contributed by atoms with Crippen LogP contribution in [0.25, 0.3) is 0 Å². The summed E-state index contributed by atoms with van der Waals surface area (Å²) >= 11 is 0. The van der Waals surface area contributed by atoms with E-state index in [1.54, 1.807) is 6.07 Å². The molecular weight excluding hydrogens is 233 g/mol. The monoisotopic (exact) mass is 251 g/mol. The number of hydrogen-bond donors (Lipinski definition) is 1. The van der Waals surface area contributed by atoms with Crippen molar-refractivity contribution in [2.75, 3.05) is 13.7 Å². The van der Waals surface area contributed by atoms with Crippen molar-refractivity contribution in [2.45, 2.75) is 32.4 Å². The minimum atomic E-state index is -0.385. The van der Waals surface area contributed by atoms with Gasteiger partial charge >= 0.3 is 0 Å². The van der Waals surface area contributed by atoms with E-state index in [2.05, 4.69) is 19.2 Å². The number of halogens is 1. The zero-order valence-corrected chi connectivity index (χ0v) is 10.9. The van der Waals surface area contributed by atoms with Crippen molar-refractivity contribution >= 4 is 0 Å². The standard InChI is InChI=1S/C14H18FNO2/c1-14(2)6-10-12(16-7-14)8-4-5-9(17-3)11(15)13(8)18-10/h4-5,10,12,16H,6-7H2,1-3H3/t10-,12-/m0/s1. The third kappa shape index (κ3) is 1.67. The van der Waals surface area contributed by atoms with E-state index in [1.807, 2.05) is 6.07 Å². The minimum Gasteiger partial charge on any atom is -0.494 e. The predicted molar refractivity (Wildman–Crippen MR) is 66.5 cm³/mol. The van der Waals surface area contributed by atoms with Crippen molar-refractivity contribution < 1.29 is 13.9 Å². The van der Waals surface area contributed by atoms with Crippen LogP contribution in [0, 0.1) is 11.2 Å². The number of piperidine rings is 1. The first-order valence-corrected chi connectivity index (χ1v) is 6.28. The first-order valence-electron chi connectivity index (χ1n) is 6.28. The van der Waals surface area contributed by atoms with Crippen LogP contribution in [0.3, 0.4) is 0 Å². The summed E-state index contributed by atoms with van der Waals surface area (Å²) < 4.78 is 24.9. The van der Waals surface area contributed by atoms with Gasteiger partial charge in [-0.2, -0.15) is 4.39 Å². The molecule has 1 aromatic rings. The second-order valence-electron chi connectivity index (χ2n) is 5.88. The lowest BCUT2D eigenvalue weighted by Crippen LogP contribution is -2.46. The Labute approximate surface area is 106 Å². The predicted octanol–water partition coefficient (Wildman–Crippen LogP) is 2.66. The molecule has 0 amide bonds. The van der Waals surface area contributed by atoms with Crippen LogP contribution in [0.2, 0.25) is 0 Å². The van der Waals surface area contributed by atoms with Gasteiger partial charge in [0.1, 0.15) is 6.10 Å². The second-order valence-corrected chi connectivity index (χ2v) is 5.88. The molecule has 2 heterocycles. The molecule has 0 spiro atoms. The highest BCUT2D eigenvalue weighted by molar-refractivity contribution is 5.48. The Bertz CT molecular complexity index is 487. The molecule has 0 aromatic heterocycles. The molecule has 18 heavy (non-hydrogen) atoms. The highest BCUT2D eigenvalue weighted by Crippen LogP contribution is 2.46. The molecule has 0 aliphatic carbocycles. The molecule has 4 heteroatoms. The van der Waals surface area contributed by atoms with Crippen LogP contribution in [-0.2, 0) is 0 Å². The van der Waals surface area contributed by atoms with Crippen molar-refractivity contribution in [1.29, 1.82) is 0 Å². The third-order valence-electron chi connectivity index (χ3n) is 3.84. The van der Waals surface area contributed by atoms with E-state index in [0.29, 0.717) is 5.75 Å². The maximum atomic E-state index is 14.1. The van der Waals surface area contributed by atoms with Gasteiger partial charge in [0.25, 0.3) is 0 Å². The Morgan fingerprint density at radius 3 is 2.94 bits per heavy atom. The summed E-state index contributed by atoms with van der Waals surface area (Å²) in [6.45, 7) is 5.31. The molecule has 1 saturated heterocycles. The van der Waals surface area contributed by atoms with Crippen LogP contribution in [0.15, 0.2) is 12.1 Å². The third-order valence-corrected chi connectivity index (χ3v) is 3.84. The fraction of sp³-hybridized carbons (Fsp3) is 0.571. The zero-order valence-electron chi connectivity index (χ0n) is 10.9. The molecule has 0 radical (unpaired) electrons. The van der Waals surface area contributed by atoms with Gasteiger partial charge in [-0.15, -0.1) is 0 Å². The molecule has 98 valence electrons. The first kappa shape index (κ1) is 11.8. The van der Waals surface area contributed by atoms with E-state index < -0.39 is 0 Å². The Hall–Kier alpha value is -1.29. The average Bonchev–Trinajstić information content (AvgIpc) is 2.66. The molecule has 2 aliphatic rings. The van der Waals surface area contributed by atoms with Gasteiger partial charge in [0, 0.05) is 12.1 Å². The van der Waals surface area contributed by atoms with Crippen LogP contribution < -0.4 is 14.8 Å². The Balaban J connectivity index is 1.97. The van der Waals surface area contributed by atoms with Crippen LogP contribution in [-0.4, -0.2) is 19.8 Å². The van der Waals surface area contributed by atoms with Gasteiger partial charge in [0.2, 0.25) is 5.82 Å². The largest absolute Gasteiger partial charge is 0.494 e. The van der Waals surface area contributed by atoms with E-state index >= 15 is 0 Å². The fourth-order valence-electron chi connectivity index (χ4n) is 2.90. The summed E-state index contributed by atoms with van der Waals surface area (Å²) in [6, 6.07) is 3.67. The number of hydrogen-bond acceptors (Lipinski definition) is 3. The summed E-state index contributed by atoms with van der Waals surface area (Å²) in [4.78, 5) is 0. The molecule has 0 bridgehead atoms. The van der Waals surface area contributed by atoms with Gasteiger partial charge in [0.05, 0.1) is 13.2 Å². The lowest BCUT2D eigenvalue weighted by molar-refractivity contribution is 0.0822. The van der Waals surface area contributed by atoms with Crippen molar-refractivity contribution in [1.82, 2.24) is 5.32 Å². The van der Waals surface area contributed by atoms with Crippen molar-refractivity contribution in [3.8, 4) is 11.5 Å². The summed E-state index contributed by atoms with van der Waals surface area (Å²) in [5.41, 5.74) is 1.10. The summed E-state index contributed by atoms with van der Waals surface area (Å²) in [7, 11) is 1.47.